The molecule has 0 amide bonds. The van der Waals surface area contributed by atoms with E-state index in [0.29, 0.717) is 12.8 Å². The maximum absolute atomic E-state index is 14.3. The standard InChI is InChI=1S/C38H44NO9P/c1-36-15-14-25(40)17-24(36)11-12-28-29-18-33-38(32(42)20-46-49(43,44)45,37(29,2)19-31(41)34(28)36)48-35(47-33)22-8-6-21(7-9-22)16-23-10-13-30(39)27-5-3-4-26(23)27/h6-10,13-15,17,28-29,31,33-35,41H,3-5,11-12,16,18-20,39H2,1-2H3,(H2,43,44,45)/t28-,29-,31-,33+,34+,35+,36-,37-,38+/m0/s1. The van der Waals surface area contributed by atoms with Crippen LogP contribution in [0.5, 0.6) is 0 Å². The number of Topliss-reactive ketones (excluding diaryl/α,β-unsaturated/α-hetero) is 1. The predicted octanol–water partition coefficient (Wildman–Crippen LogP) is 5.07. The molecule has 1 saturated heterocycles. The first-order valence-corrected chi connectivity index (χ1v) is 18.9. The van der Waals surface area contributed by atoms with Crippen LogP contribution in [0, 0.1) is 28.6 Å². The SMILES string of the molecule is C[C@]12C=CC(=O)C=C1CC[C@@H]1[C@@H]2[C@@H](O)C[C@@]2(C)[C@H]1C[C@H]1O[C@@H](c3ccc(Cc4ccc(N)c5c4CCC5)cc3)O[C@]12C(=O)COP(=O)(O)O. The summed E-state index contributed by atoms with van der Waals surface area (Å²) in [4.78, 5) is 45.5. The Balaban J connectivity index is 1.09. The quantitative estimate of drug-likeness (QED) is 0.228. The molecular formula is C38H44NO9P. The average molecular weight is 690 g/mol. The zero-order valence-electron chi connectivity index (χ0n) is 27.8. The van der Waals surface area contributed by atoms with E-state index in [4.69, 9.17) is 19.7 Å². The number of allylic oxidation sites excluding steroid dienone is 4. The highest BCUT2D eigenvalue weighted by atomic mass is 31.2. The minimum atomic E-state index is -4.96. The maximum atomic E-state index is 14.3. The number of phosphoric acid groups is 1. The summed E-state index contributed by atoms with van der Waals surface area (Å²) in [5.41, 5.74) is 10.9. The van der Waals surface area contributed by atoms with Crippen molar-refractivity contribution in [2.45, 2.75) is 89.3 Å². The Kier molecular flexibility index (Phi) is 7.82. The van der Waals surface area contributed by atoms with E-state index in [9.17, 15) is 29.0 Å². The third kappa shape index (κ3) is 5.09. The van der Waals surface area contributed by atoms with Gasteiger partial charge in [0.2, 0.25) is 0 Å². The van der Waals surface area contributed by atoms with Crippen LogP contribution in [-0.4, -0.2) is 50.9 Å². The van der Waals surface area contributed by atoms with Crippen LogP contribution in [0.15, 0.2) is 60.2 Å². The van der Waals surface area contributed by atoms with Gasteiger partial charge in [-0.2, -0.15) is 0 Å². The molecule has 5 aliphatic carbocycles. The van der Waals surface area contributed by atoms with Crippen LogP contribution in [0.3, 0.4) is 0 Å². The van der Waals surface area contributed by atoms with Gasteiger partial charge in [0, 0.05) is 28.0 Å². The Hall–Kier alpha value is -2.95. The normalized spacial score (nSPS) is 37.6. The smallest absolute Gasteiger partial charge is 0.398 e. The average Bonchev–Trinajstić information content (AvgIpc) is 3.75. The highest BCUT2D eigenvalue weighted by Crippen LogP contribution is 2.70. The molecule has 11 heteroatoms. The minimum absolute atomic E-state index is 0.00597. The van der Waals surface area contributed by atoms with E-state index in [1.54, 1.807) is 12.2 Å². The number of aliphatic hydroxyl groups excluding tert-OH is 1. The van der Waals surface area contributed by atoms with Crippen LogP contribution in [-0.2, 0) is 47.4 Å². The van der Waals surface area contributed by atoms with Crippen molar-refractivity contribution < 1.29 is 43.0 Å². The Bertz CT molecular complexity index is 1830. The number of hydrogen-bond donors (Lipinski definition) is 4. The molecule has 9 atom stereocenters. The number of rotatable bonds is 7. The second-order valence-corrected chi connectivity index (χ2v) is 16.7. The summed E-state index contributed by atoms with van der Waals surface area (Å²) in [5.74, 6) is -0.886. The number of carbonyl (C=O) groups excluding carboxylic acids is 2. The molecule has 5 N–H and O–H groups in total. The van der Waals surface area contributed by atoms with Crippen LogP contribution < -0.4 is 5.73 Å². The number of anilines is 1. The minimum Gasteiger partial charge on any atom is -0.398 e. The molecule has 0 aromatic heterocycles. The Labute approximate surface area is 285 Å². The number of hydrogen-bond acceptors (Lipinski definition) is 8. The van der Waals surface area contributed by atoms with Crippen molar-refractivity contribution in [1.82, 2.24) is 0 Å². The molecule has 2 aromatic rings. The van der Waals surface area contributed by atoms with Gasteiger partial charge in [0.05, 0.1) is 12.2 Å². The van der Waals surface area contributed by atoms with E-state index in [2.05, 4.69) is 13.0 Å². The van der Waals surface area contributed by atoms with E-state index < -0.39 is 55.1 Å². The number of benzene rings is 2. The van der Waals surface area contributed by atoms with Crippen molar-refractivity contribution in [2.24, 2.45) is 28.6 Å². The summed E-state index contributed by atoms with van der Waals surface area (Å²) in [7, 11) is -4.96. The van der Waals surface area contributed by atoms with Crippen molar-refractivity contribution in [3.05, 3.63) is 88.0 Å². The first-order valence-electron chi connectivity index (χ1n) is 17.4. The van der Waals surface area contributed by atoms with Gasteiger partial charge >= 0.3 is 7.82 Å². The van der Waals surface area contributed by atoms with Gasteiger partial charge in [-0.1, -0.05) is 55.8 Å². The molecule has 10 nitrogen and oxygen atoms in total. The number of nitrogen functional groups attached to an aromatic ring is 1. The van der Waals surface area contributed by atoms with E-state index in [0.717, 1.165) is 54.5 Å². The zero-order chi connectivity index (χ0) is 34.5. The van der Waals surface area contributed by atoms with Gasteiger partial charge in [-0.05, 0) is 104 Å². The van der Waals surface area contributed by atoms with E-state index in [1.807, 2.05) is 43.3 Å². The molecule has 0 bridgehead atoms. The highest BCUT2D eigenvalue weighted by Gasteiger charge is 2.76. The lowest BCUT2D eigenvalue weighted by Gasteiger charge is -2.59. The summed E-state index contributed by atoms with van der Waals surface area (Å²) >= 11 is 0. The van der Waals surface area contributed by atoms with Crippen LogP contribution in [0.2, 0.25) is 0 Å². The molecule has 0 radical (unpaired) electrons. The number of phosphoric ester groups is 1. The molecule has 1 aliphatic heterocycles. The third-order valence-electron chi connectivity index (χ3n) is 13.1. The number of aliphatic hydroxyl groups is 1. The molecule has 260 valence electrons. The topological polar surface area (TPSA) is 166 Å². The fraction of sp³-hybridized carbons (Fsp3) is 0.526. The number of carbonyl (C=O) groups is 2. The molecule has 8 rings (SSSR count). The van der Waals surface area contributed by atoms with Crippen molar-refractivity contribution in [1.29, 1.82) is 0 Å². The molecule has 0 unspecified atom stereocenters. The van der Waals surface area contributed by atoms with Crippen LogP contribution >= 0.6 is 7.82 Å². The maximum Gasteiger partial charge on any atom is 0.470 e. The summed E-state index contributed by atoms with van der Waals surface area (Å²) in [6.07, 6.45) is 8.88. The summed E-state index contributed by atoms with van der Waals surface area (Å²) in [5, 5.41) is 12.0. The van der Waals surface area contributed by atoms with Crippen molar-refractivity contribution >= 4 is 25.1 Å². The lowest BCUT2D eigenvalue weighted by molar-refractivity contribution is -0.200. The van der Waals surface area contributed by atoms with Gasteiger partial charge in [-0.3, -0.25) is 14.1 Å². The molecular weight excluding hydrogens is 645 g/mol. The lowest BCUT2D eigenvalue weighted by atomic mass is 9.46. The molecule has 6 aliphatic rings. The monoisotopic (exact) mass is 689 g/mol. The summed E-state index contributed by atoms with van der Waals surface area (Å²) in [6, 6.07) is 12.1. The summed E-state index contributed by atoms with van der Waals surface area (Å²) < 4.78 is 29.9. The van der Waals surface area contributed by atoms with E-state index in [-0.39, 0.29) is 30.0 Å². The Morgan fingerprint density at radius 3 is 2.59 bits per heavy atom. The second kappa shape index (κ2) is 11.5. The summed E-state index contributed by atoms with van der Waals surface area (Å²) in [6.45, 7) is 3.20. The van der Waals surface area contributed by atoms with Crippen molar-refractivity contribution in [3.8, 4) is 0 Å². The van der Waals surface area contributed by atoms with Gasteiger partial charge in [0.15, 0.2) is 23.5 Å². The molecule has 4 fully saturated rings. The van der Waals surface area contributed by atoms with Gasteiger partial charge in [0.25, 0.3) is 0 Å². The van der Waals surface area contributed by atoms with Crippen LogP contribution in [0.1, 0.15) is 80.1 Å². The molecule has 3 saturated carbocycles. The van der Waals surface area contributed by atoms with Gasteiger partial charge in [0.1, 0.15) is 6.61 Å². The first kappa shape index (κ1) is 33.2. The molecule has 0 spiro atoms. The predicted molar refractivity (Wildman–Crippen MR) is 180 cm³/mol. The molecule has 1 heterocycles. The van der Waals surface area contributed by atoms with E-state index in [1.165, 1.54) is 16.7 Å². The van der Waals surface area contributed by atoms with Crippen LogP contribution in [0.25, 0.3) is 0 Å². The first-order chi connectivity index (χ1) is 23.2. The van der Waals surface area contributed by atoms with Gasteiger partial charge < -0.3 is 30.1 Å². The third-order valence-corrected chi connectivity index (χ3v) is 13.5. The molecule has 2 aromatic carbocycles. The van der Waals surface area contributed by atoms with Crippen molar-refractivity contribution in [2.75, 3.05) is 12.3 Å². The zero-order valence-corrected chi connectivity index (χ0v) is 28.7. The number of fused-ring (bicyclic) bond motifs is 8. The number of ketones is 2. The fourth-order valence-corrected chi connectivity index (χ4v) is 11.2. The van der Waals surface area contributed by atoms with E-state index >= 15 is 0 Å². The Morgan fingerprint density at radius 1 is 1.08 bits per heavy atom. The largest absolute Gasteiger partial charge is 0.470 e. The number of ether oxygens (including phenoxy) is 2. The molecule has 49 heavy (non-hydrogen) atoms. The van der Waals surface area contributed by atoms with Gasteiger partial charge in [-0.25, -0.2) is 4.57 Å². The second-order valence-electron chi connectivity index (χ2n) is 15.5. The number of nitrogens with two attached hydrogens (primary N) is 1. The Morgan fingerprint density at radius 2 is 1.84 bits per heavy atom. The van der Waals surface area contributed by atoms with Crippen LogP contribution in [0.4, 0.5) is 5.69 Å². The fourth-order valence-electron chi connectivity index (χ4n) is 11.0. The lowest BCUT2D eigenvalue weighted by Crippen LogP contribution is -2.63. The highest BCUT2D eigenvalue weighted by molar-refractivity contribution is 7.46. The van der Waals surface area contributed by atoms with Crippen molar-refractivity contribution in [3.63, 3.8) is 0 Å². The van der Waals surface area contributed by atoms with Gasteiger partial charge in [-0.15, -0.1) is 0 Å².